The molecule has 0 aliphatic heterocycles. The van der Waals surface area contributed by atoms with E-state index in [9.17, 15) is 0 Å². The molecular weight excluding hydrogens is 272 g/mol. The van der Waals surface area contributed by atoms with Gasteiger partial charge in [0.1, 0.15) is 5.75 Å². The van der Waals surface area contributed by atoms with Crippen LogP contribution in [0.15, 0.2) is 30.5 Å². The number of ether oxygens (including phenoxy) is 1. The largest absolute Gasteiger partial charge is 0.439 e. The third-order valence-corrected chi connectivity index (χ3v) is 3.48. The summed E-state index contributed by atoms with van der Waals surface area (Å²) in [5, 5.41) is 0.563. The molecule has 0 radical (unpaired) electrons. The van der Waals surface area contributed by atoms with Gasteiger partial charge in [-0.3, -0.25) is 0 Å². The van der Waals surface area contributed by atoms with Crippen LogP contribution in [-0.4, -0.2) is 4.98 Å². The molecule has 2 aromatic rings. The van der Waals surface area contributed by atoms with Crippen molar-refractivity contribution in [3.8, 4) is 11.6 Å². The summed E-state index contributed by atoms with van der Waals surface area (Å²) in [6.45, 7) is 6.68. The monoisotopic (exact) mass is 290 g/mol. The quantitative estimate of drug-likeness (QED) is 0.907. The first-order valence-corrected chi connectivity index (χ1v) is 7.02. The van der Waals surface area contributed by atoms with E-state index in [-0.39, 0.29) is 0 Å². The molecule has 0 saturated carbocycles. The van der Waals surface area contributed by atoms with Gasteiger partial charge in [-0.2, -0.15) is 0 Å². The Hall–Kier alpha value is -1.58. The number of aryl methyl sites for hydroxylation is 1. The molecule has 0 bridgehead atoms. The summed E-state index contributed by atoms with van der Waals surface area (Å²) in [5.74, 6) is 1.73. The smallest absolute Gasteiger partial charge is 0.219 e. The van der Waals surface area contributed by atoms with Crippen molar-refractivity contribution in [2.75, 3.05) is 0 Å². The van der Waals surface area contributed by atoms with E-state index < -0.39 is 0 Å². The second kappa shape index (κ2) is 6.25. The van der Waals surface area contributed by atoms with Crippen molar-refractivity contribution >= 4 is 11.6 Å². The van der Waals surface area contributed by atoms with Gasteiger partial charge in [-0.25, -0.2) is 4.98 Å². The summed E-state index contributed by atoms with van der Waals surface area (Å²) in [6, 6.07) is 7.99. The standard InChI is InChI=1S/C16H19ClN2O/c1-10(2)13-5-4-11(3)6-15(13)20-16-7-12(8-18)14(17)9-19-16/h4-7,9-10H,8,18H2,1-3H3. The normalized spacial score (nSPS) is 10.9. The first kappa shape index (κ1) is 14.8. The summed E-state index contributed by atoms with van der Waals surface area (Å²) in [6.07, 6.45) is 1.57. The van der Waals surface area contributed by atoms with Crippen LogP contribution in [0.3, 0.4) is 0 Å². The lowest BCUT2D eigenvalue weighted by Gasteiger charge is -2.14. The van der Waals surface area contributed by atoms with Gasteiger partial charge in [0.05, 0.1) is 5.02 Å². The van der Waals surface area contributed by atoms with Gasteiger partial charge in [-0.1, -0.05) is 37.6 Å². The molecule has 4 heteroatoms. The van der Waals surface area contributed by atoms with Crippen molar-refractivity contribution < 1.29 is 4.74 Å². The number of benzene rings is 1. The molecule has 0 amide bonds. The Bertz CT molecular complexity index is 611. The number of nitrogens with two attached hydrogens (primary N) is 1. The number of hydrogen-bond donors (Lipinski definition) is 1. The lowest BCUT2D eigenvalue weighted by atomic mass is 10.0. The second-order valence-electron chi connectivity index (χ2n) is 5.12. The predicted octanol–water partition coefficient (Wildman–Crippen LogP) is 4.42. The zero-order valence-electron chi connectivity index (χ0n) is 12.0. The molecule has 0 fully saturated rings. The zero-order valence-corrected chi connectivity index (χ0v) is 12.7. The summed E-state index contributed by atoms with van der Waals surface area (Å²) >= 11 is 6.01. The van der Waals surface area contributed by atoms with Gasteiger partial charge in [0.25, 0.3) is 0 Å². The summed E-state index contributed by atoms with van der Waals surface area (Å²) in [5.41, 5.74) is 8.78. The first-order chi connectivity index (χ1) is 9.51. The molecule has 0 aliphatic carbocycles. The van der Waals surface area contributed by atoms with Crippen LogP contribution in [0.5, 0.6) is 11.6 Å². The topological polar surface area (TPSA) is 48.1 Å². The highest BCUT2D eigenvalue weighted by molar-refractivity contribution is 6.31. The molecule has 2 N–H and O–H groups in total. The maximum Gasteiger partial charge on any atom is 0.219 e. The number of nitrogens with zero attached hydrogens (tertiary/aromatic N) is 1. The first-order valence-electron chi connectivity index (χ1n) is 6.64. The number of pyridine rings is 1. The van der Waals surface area contributed by atoms with E-state index in [0.29, 0.717) is 23.4 Å². The van der Waals surface area contributed by atoms with E-state index in [1.165, 1.54) is 0 Å². The molecule has 3 nitrogen and oxygen atoms in total. The van der Waals surface area contributed by atoms with Crippen LogP contribution >= 0.6 is 11.6 Å². The van der Waals surface area contributed by atoms with E-state index in [4.69, 9.17) is 22.1 Å². The Labute approximate surface area is 124 Å². The molecule has 1 aromatic heterocycles. The molecule has 2 rings (SSSR count). The Kier molecular flexibility index (Phi) is 4.63. The third-order valence-electron chi connectivity index (χ3n) is 3.14. The number of rotatable bonds is 4. The predicted molar refractivity (Wildman–Crippen MR) is 82.5 cm³/mol. The van der Waals surface area contributed by atoms with E-state index in [0.717, 1.165) is 22.4 Å². The fourth-order valence-electron chi connectivity index (χ4n) is 1.99. The van der Waals surface area contributed by atoms with Crippen molar-refractivity contribution in [3.63, 3.8) is 0 Å². The molecule has 0 aliphatic rings. The molecule has 20 heavy (non-hydrogen) atoms. The average molecular weight is 291 g/mol. The van der Waals surface area contributed by atoms with Crippen LogP contribution in [0.1, 0.15) is 36.5 Å². The molecule has 0 unspecified atom stereocenters. The molecule has 0 saturated heterocycles. The highest BCUT2D eigenvalue weighted by Crippen LogP contribution is 2.31. The van der Waals surface area contributed by atoms with Crippen molar-refractivity contribution in [3.05, 3.63) is 52.2 Å². The van der Waals surface area contributed by atoms with Crippen LogP contribution in [0.4, 0.5) is 0 Å². The highest BCUT2D eigenvalue weighted by Gasteiger charge is 2.11. The van der Waals surface area contributed by atoms with E-state index in [1.807, 2.05) is 13.0 Å². The van der Waals surface area contributed by atoms with Gasteiger partial charge in [-0.15, -0.1) is 0 Å². The minimum Gasteiger partial charge on any atom is -0.439 e. The van der Waals surface area contributed by atoms with Crippen LogP contribution in [0, 0.1) is 6.92 Å². The van der Waals surface area contributed by atoms with Gasteiger partial charge in [0.2, 0.25) is 5.88 Å². The summed E-state index contributed by atoms with van der Waals surface area (Å²) in [4.78, 5) is 4.20. The van der Waals surface area contributed by atoms with Crippen LogP contribution < -0.4 is 10.5 Å². The molecule has 1 aromatic carbocycles. The van der Waals surface area contributed by atoms with Crippen LogP contribution in [0.2, 0.25) is 5.02 Å². The fraction of sp³-hybridized carbons (Fsp3) is 0.312. The van der Waals surface area contributed by atoms with Gasteiger partial charge >= 0.3 is 0 Å². The molecule has 106 valence electrons. The maximum absolute atomic E-state index is 6.01. The average Bonchev–Trinajstić information content (AvgIpc) is 2.40. The van der Waals surface area contributed by atoms with Crippen molar-refractivity contribution in [1.29, 1.82) is 0 Å². The van der Waals surface area contributed by atoms with Gasteiger partial charge in [-0.05, 0) is 35.6 Å². The highest BCUT2D eigenvalue weighted by atomic mass is 35.5. The van der Waals surface area contributed by atoms with Gasteiger partial charge < -0.3 is 10.5 Å². The van der Waals surface area contributed by atoms with Gasteiger partial charge in [0, 0.05) is 18.8 Å². The van der Waals surface area contributed by atoms with Crippen molar-refractivity contribution in [1.82, 2.24) is 4.98 Å². The molecule has 1 heterocycles. The number of aromatic nitrogens is 1. The molecule has 0 atom stereocenters. The molecular formula is C16H19ClN2O. The third kappa shape index (κ3) is 3.30. The Morgan fingerprint density at radius 3 is 2.70 bits per heavy atom. The van der Waals surface area contributed by atoms with E-state index in [1.54, 1.807) is 12.3 Å². The van der Waals surface area contributed by atoms with Gasteiger partial charge in [0.15, 0.2) is 0 Å². The summed E-state index contributed by atoms with van der Waals surface area (Å²) in [7, 11) is 0. The fourth-order valence-corrected chi connectivity index (χ4v) is 2.17. The van der Waals surface area contributed by atoms with Crippen LogP contribution in [0.25, 0.3) is 0 Å². The lowest BCUT2D eigenvalue weighted by molar-refractivity contribution is 0.453. The lowest BCUT2D eigenvalue weighted by Crippen LogP contribution is -2.00. The maximum atomic E-state index is 6.01. The minimum absolute atomic E-state index is 0.364. The summed E-state index contributed by atoms with van der Waals surface area (Å²) < 4.78 is 5.92. The zero-order chi connectivity index (χ0) is 14.7. The molecule has 0 spiro atoms. The number of hydrogen-bond acceptors (Lipinski definition) is 3. The van der Waals surface area contributed by atoms with Crippen LogP contribution in [-0.2, 0) is 6.54 Å². The Balaban J connectivity index is 2.36. The van der Waals surface area contributed by atoms with Crippen molar-refractivity contribution in [2.45, 2.75) is 33.2 Å². The van der Waals surface area contributed by atoms with E-state index in [2.05, 4.69) is 31.0 Å². The second-order valence-corrected chi connectivity index (χ2v) is 5.52. The van der Waals surface area contributed by atoms with E-state index >= 15 is 0 Å². The van der Waals surface area contributed by atoms with Crippen molar-refractivity contribution in [2.24, 2.45) is 5.73 Å². The Morgan fingerprint density at radius 1 is 1.30 bits per heavy atom. The number of halogens is 1. The Morgan fingerprint density at radius 2 is 2.05 bits per heavy atom. The minimum atomic E-state index is 0.364. The SMILES string of the molecule is Cc1ccc(C(C)C)c(Oc2cc(CN)c(Cl)cn2)c1.